The molecule has 2 heterocycles. The van der Waals surface area contributed by atoms with E-state index in [2.05, 4.69) is 35.4 Å². The summed E-state index contributed by atoms with van der Waals surface area (Å²) >= 11 is 0. The molecule has 15 heavy (non-hydrogen) atoms. The zero-order chi connectivity index (χ0) is 10.7. The Morgan fingerprint density at radius 3 is 3.20 bits per heavy atom. The van der Waals surface area contributed by atoms with E-state index >= 15 is 0 Å². The van der Waals surface area contributed by atoms with Crippen molar-refractivity contribution in [1.29, 1.82) is 0 Å². The van der Waals surface area contributed by atoms with Gasteiger partial charge in [0, 0.05) is 31.9 Å². The van der Waals surface area contributed by atoms with Crippen molar-refractivity contribution in [3.05, 3.63) is 12.4 Å². The maximum atomic E-state index is 4.32. The molecule has 84 valence electrons. The molecule has 1 saturated heterocycles. The summed E-state index contributed by atoms with van der Waals surface area (Å²) in [5, 5.41) is 7.82. The number of hydrogen-bond donors (Lipinski definition) is 1. The van der Waals surface area contributed by atoms with E-state index in [9.17, 15) is 0 Å². The lowest BCUT2D eigenvalue weighted by Gasteiger charge is -2.22. The molecule has 1 aromatic rings. The second-order valence-corrected chi connectivity index (χ2v) is 4.21. The van der Waals surface area contributed by atoms with E-state index < -0.39 is 0 Å². The topological polar surface area (TPSA) is 33.1 Å². The Morgan fingerprint density at radius 1 is 1.60 bits per heavy atom. The van der Waals surface area contributed by atoms with Crippen LogP contribution >= 0.6 is 0 Å². The molecule has 1 unspecified atom stereocenters. The summed E-state index contributed by atoms with van der Waals surface area (Å²) in [5.41, 5.74) is 1.26. The van der Waals surface area contributed by atoms with E-state index in [1.807, 2.05) is 10.9 Å². The van der Waals surface area contributed by atoms with Gasteiger partial charge in [-0.1, -0.05) is 0 Å². The molecule has 1 atom stereocenters. The average Bonchev–Trinajstić information content (AvgIpc) is 2.61. The predicted octanol–water partition coefficient (Wildman–Crippen LogP) is 1.09. The third-order valence-electron chi connectivity index (χ3n) is 2.90. The van der Waals surface area contributed by atoms with Crippen molar-refractivity contribution in [1.82, 2.24) is 15.1 Å². The third kappa shape index (κ3) is 2.50. The molecular weight excluding hydrogens is 188 g/mol. The number of hydrogen-bond acceptors (Lipinski definition) is 3. The van der Waals surface area contributed by atoms with Crippen molar-refractivity contribution < 1.29 is 0 Å². The first-order valence-electron chi connectivity index (χ1n) is 5.80. The minimum atomic E-state index is 0.567. The molecule has 0 radical (unpaired) electrons. The number of aryl methyl sites for hydroxylation is 1. The van der Waals surface area contributed by atoms with E-state index in [0.29, 0.717) is 6.04 Å². The van der Waals surface area contributed by atoms with Gasteiger partial charge in [-0.2, -0.15) is 5.10 Å². The Hall–Kier alpha value is -1.03. The van der Waals surface area contributed by atoms with E-state index in [0.717, 1.165) is 26.2 Å². The molecule has 0 bridgehead atoms. The molecule has 1 fully saturated rings. The van der Waals surface area contributed by atoms with Gasteiger partial charge in [-0.3, -0.25) is 4.68 Å². The molecule has 0 aliphatic carbocycles. The van der Waals surface area contributed by atoms with Gasteiger partial charge in [-0.15, -0.1) is 0 Å². The fourth-order valence-corrected chi connectivity index (χ4v) is 2.03. The zero-order valence-electron chi connectivity index (χ0n) is 9.61. The Kier molecular flexibility index (Phi) is 3.26. The van der Waals surface area contributed by atoms with Crippen LogP contribution in [0.2, 0.25) is 0 Å². The smallest absolute Gasteiger partial charge is 0.0753 e. The highest BCUT2D eigenvalue weighted by molar-refractivity contribution is 5.42. The van der Waals surface area contributed by atoms with Gasteiger partial charge in [0.15, 0.2) is 0 Å². The second kappa shape index (κ2) is 4.66. The van der Waals surface area contributed by atoms with Gasteiger partial charge in [0.1, 0.15) is 0 Å². The van der Waals surface area contributed by atoms with Gasteiger partial charge in [0.25, 0.3) is 0 Å². The highest BCUT2D eigenvalue weighted by Gasteiger charge is 2.15. The summed E-state index contributed by atoms with van der Waals surface area (Å²) in [6.07, 6.45) is 5.32. The van der Waals surface area contributed by atoms with E-state index in [1.165, 1.54) is 12.1 Å². The van der Waals surface area contributed by atoms with Gasteiger partial charge in [0.05, 0.1) is 11.9 Å². The molecule has 0 saturated carbocycles. The third-order valence-corrected chi connectivity index (χ3v) is 2.90. The number of rotatable bonds is 2. The van der Waals surface area contributed by atoms with Gasteiger partial charge < -0.3 is 10.2 Å². The van der Waals surface area contributed by atoms with Crippen LogP contribution in [0, 0.1) is 0 Å². The van der Waals surface area contributed by atoms with Crippen LogP contribution in [0.5, 0.6) is 0 Å². The SMILES string of the molecule is CCn1cc(N2CCCNC(C)C2)cn1. The lowest BCUT2D eigenvalue weighted by Crippen LogP contribution is -2.35. The quantitative estimate of drug-likeness (QED) is 0.790. The standard InChI is InChI=1S/C11H20N4/c1-3-15-9-11(7-13-15)14-6-4-5-12-10(2)8-14/h7,9-10,12H,3-6,8H2,1-2H3. The number of anilines is 1. The number of nitrogens with one attached hydrogen (secondary N) is 1. The summed E-state index contributed by atoms with van der Waals surface area (Å²) in [4.78, 5) is 2.42. The van der Waals surface area contributed by atoms with Crippen LogP contribution in [0.3, 0.4) is 0 Å². The van der Waals surface area contributed by atoms with Gasteiger partial charge in [-0.05, 0) is 26.8 Å². The van der Waals surface area contributed by atoms with Crippen LogP contribution < -0.4 is 10.2 Å². The molecule has 0 amide bonds. The lowest BCUT2D eigenvalue weighted by molar-refractivity contribution is 0.584. The van der Waals surface area contributed by atoms with Crippen LogP contribution in [0.1, 0.15) is 20.3 Å². The van der Waals surface area contributed by atoms with Crippen LogP contribution in [-0.2, 0) is 6.54 Å². The van der Waals surface area contributed by atoms with E-state index in [4.69, 9.17) is 0 Å². The summed E-state index contributed by atoms with van der Waals surface area (Å²) < 4.78 is 1.98. The van der Waals surface area contributed by atoms with Crippen molar-refractivity contribution >= 4 is 5.69 Å². The molecule has 4 nitrogen and oxygen atoms in total. The summed E-state index contributed by atoms with van der Waals surface area (Å²) in [5.74, 6) is 0. The van der Waals surface area contributed by atoms with Crippen LogP contribution in [0.4, 0.5) is 5.69 Å². The molecule has 0 spiro atoms. The Balaban J connectivity index is 2.07. The molecule has 4 heteroatoms. The maximum Gasteiger partial charge on any atom is 0.0753 e. The highest BCUT2D eigenvalue weighted by atomic mass is 15.3. The fraction of sp³-hybridized carbons (Fsp3) is 0.727. The van der Waals surface area contributed by atoms with E-state index in [1.54, 1.807) is 0 Å². The molecule has 2 rings (SSSR count). The first-order chi connectivity index (χ1) is 7.29. The zero-order valence-corrected chi connectivity index (χ0v) is 9.61. The molecule has 1 aromatic heterocycles. The Labute approximate surface area is 91.3 Å². The fourth-order valence-electron chi connectivity index (χ4n) is 2.03. The Morgan fingerprint density at radius 2 is 2.47 bits per heavy atom. The first-order valence-corrected chi connectivity index (χ1v) is 5.80. The number of aromatic nitrogens is 2. The van der Waals surface area contributed by atoms with Crippen molar-refractivity contribution in [3.63, 3.8) is 0 Å². The minimum absolute atomic E-state index is 0.567. The normalized spacial score (nSPS) is 22.8. The minimum Gasteiger partial charge on any atom is -0.367 e. The Bertz CT molecular complexity index is 307. The van der Waals surface area contributed by atoms with Crippen LogP contribution in [0.15, 0.2) is 12.4 Å². The summed E-state index contributed by atoms with van der Waals surface area (Å²) in [7, 11) is 0. The van der Waals surface area contributed by atoms with Crippen molar-refractivity contribution in [3.8, 4) is 0 Å². The molecule has 0 aromatic carbocycles. The van der Waals surface area contributed by atoms with E-state index in [-0.39, 0.29) is 0 Å². The second-order valence-electron chi connectivity index (χ2n) is 4.21. The average molecular weight is 208 g/mol. The molecule has 1 N–H and O–H groups in total. The summed E-state index contributed by atoms with van der Waals surface area (Å²) in [6, 6.07) is 0.567. The molecule has 1 aliphatic rings. The predicted molar refractivity (Wildman–Crippen MR) is 62.2 cm³/mol. The van der Waals surface area contributed by atoms with Crippen molar-refractivity contribution in [2.24, 2.45) is 0 Å². The van der Waals surface area contributed by atoms with Gasteiger partial charge in [0.2, 0.25) is 0 Å². The molecule has 1 aliphatic heterocycles. The van der Waals surface area contributed by atoms with Crippen molar-refractivity contribution in [2.45, 2.75) is 32.9 Å². The summed E-state index contributed by atoms with van der Waals surface area (Å²) in [6.45, 7) is 8.63. The first kappa shape index (κ1) is 10.5. The maximum absolute atomic E-state index is 4.32. The van der Waals surface area contributed by atoms with Crippen LogP contribution in [0.25, 0.3) is 0 Å². The van der Waals surface area contributed by atoms with Gasteiger partial charge >= 0.3 is 0 Å². The van der Waals surface area contributed by atoms with Gasteiger partial charge in [-0.25, -0.2) is 0 Å². The molecular formula is C11H20N4. The van der Waals surface area contributed by atoms with Crippen LogP contribution in [-0.4, -0.2) is 35.5 Å². The lowest BCUT2D eigenvalue weighted by atomic mass is 10.3. The highest BCUT2D eigenvalue weighted by Crippen LogP contribution is 2.15. The van der Waals surface area contributed by atoms with Crippen molar-refractivity contribution in [2.75, 3.05) is 24.5 Å². The number of nitrogens with zero attached hydrogens (tertiary/aromatic N) is 3. The largest absolute Gasteiger partial charge is 0.367 e. The monoisotopic (exact) mass is 208 g/mol.